The van der Waals surface area contributed by atoms with Crippen LogP contribution in [0.1, 0.15) is 58.8 Å². The van der Waals surface area contributed by atoms with Gasteiger partial charge < -0.3 is 9.88 Å². The number of fused-ring (bicyclic) bond motifs is 1. The van der Waals surface area contributed by atoms with E-state index in [9.17, 15) is 9.59 Å². The molecule has 1 saturated heterocycles. The maximum absolute atomic E-state index is 12.9. The number of amides is 1. The highest BCUT2D eigenvalue weighted by Crippen LogP contribution is 2.29. The molecule has 1 N–H and O–H groups in total. The van der Waals surface area contributed by atoms with Crippen LogP contribution in [0.25, 0.3) is 10.9 Å². The van der Waals surface area contributed by atoms with Crippen LogP contribution in [0.5, 0.6) is 0 Å². The molecule has 1 amide bonds. The number of aryl methyl sites for hydroxylation is 2. The van der Waals surface area contributed by atoms with Crippen molar-refractivity contribution < 1.29 is 9.59 Å². The van der Waals surface area contributed by atoms with Crippen molar-refractivity contribution in [3.8, 4) is 0 Å². The highest BCUT2D eigenvalue weighted by atomic mass is 16.2. The van der Waals surface area contributed by atoms with E-state index in [1.54, 1.807) is 0 Å². The number of aromatic nitrogens is 1. The van der Waals surface area contributed by atoms with Gasteiger partial charge in [0.15, 0.2) is 5.78 Å². The number of H-pyrrole nitrogens is 1. The van der Waals surface area contributed by atoms with Crippen LogP contribution in [-0.4, -0.2) is 34.7 Å². The molecule has 4 nitrogen and oxygen atoms in total. The quantitative estimate of drug-likeness (QED) is 0.614. The Morgan fingerprint density at radius 1 is 1.00 bits per heavy atom. The van der Waals surface area contributed by atoms with E-state index in [4.69, 9.17) is 0 Å². The largest absolute Gasteiger partial charge is 0.358 e. The summed E-state index contributed by atoms with van der Waals surface area (Å²) in [6.07, 6.45) is 2.53. The Kier molecular flexibility index (Phi) is 5.52. The Labute approximate surface area is 171 Å². The molecule has 2 heterocycles. The second kappa shape index (κ2) is 8.24. The number of aromatic amines is 1. The van der Waals surface area contributed by atoms with Crippen molar-refractivity contribution in [1.82, 2.24) is 9.88 Å². The molecule has 0 unspecified atom stereocenters. The van der Waals surface area contributed by atoms with Gasteiger partial charge in [0, 0.05) is 48.1 Å². The van der Waals surface area contributed by atoms with E-state index in [1.165, 1.54) is 5.56 Å². The molecule has 0 spiro atoms. The Hall–Kier alpha value is -2.88. The van der Waals surface area contributed by atoms with Crippen molar-refractivity contribution in [2.75, 3.05) is 13.1 Å². The zero-order valence-electron chi connectivity index (χ0n) is 17.2. The lowest BCUT2D eigenvalue weighted by Gasteiger charge is -2.32. The van der Waals surface area contributed by atoms with E-state index in [2.05, 4.69) is 29.2 Å². The first-order valence-corrected chi connectivity index (χ1v) is 10.5. The molecule has 1 aliphatic rings. The minimum atomic E-state index is 0.0480. The van der Waals surface area contributed by atoms with E-state index in [0.717, 1.165) is 53.7 Å². The maximum Gasteiger partial charge on any atom is 0.223 e. The summed E-state index contributed by atoms with van der Waals surface area (Å²) in [5.41, 5.74) is 5.08. The average Bonchev–Trinajstić information content (AvgIpc) is 3.07. The molecule has 29 heavy (non-hydrogen) atoms. The van der Waals surface area contributed by atoms with E-state index >= 15 is 0 Å². The molecule has 2 aromatic carbocycles. The number of piperidine rings is 1. The first-order chi connectivity index (χ1) is 14.0. The van der Waals surface area contributed by atoms with Gasteiger partial charge in [-0.1, -0.05) is 42.0 Å². The standard InChI is InChI=1S/C25H28N2O2/c1-17-8-9-22-21(16-17)25(18(2)26-22)23(28)10-11-24(29)27-14-12-20(13-15-27)19-6-4-3-5-7-19/h3-9,16,20,26H,10-15H2,1-2H3. The molecule has 150 valence electrons. The molecule has 0 atom stereocenters. The van der Waals surface area contributed by atoms with Crippen LogP contribution in [0.15, 0.2) is 48.5 Å². The van der Waals surface area contributed by atoms with Crippen molar-refractivity contribution in [2.24, 2.45) is 0 Å². The summed E-state index contributed by atoms with van der Waals surface area (Å²) in [7, 11) is 0. The molecule has 0 bridgehead atoms. The highest BCUT2D eigenvalue weighted by Gasteiger charge is 2.24. The van der Waals surface area contributed by atoms with Crippen LogP contribution in [0.3, 0.4) is 0 Å². The summed E-state index contributed by atoms with van der Waals surface area (Å²) in [5, 5.41) is 0.962. The number of likely N-dealkylation sites (tertiary alicyclic amines) is 1. The predicted molar refractivity (Wildman–Crippen MR) is 116 cm³/mol. The minimum Gasteiger partial charge on any atom is -0.358 e. The second-order valence-electron chi connectivity index (χ2n) is 8.16. The van der Waals surface area contributed by atoms with Gasteiger partial charge in [0.2, 0.25) is 5.91 Å². The number of nitrogens with one attached hydrogen (secondary N) is 1. The fourth-order valence-corrected chi connectivity index (χ4v) is 4.49. The molecule has 0 saturated carbocycles. The van der Waals surface area contributed by atoms with Gasteiger partial charge in [-0.25, -0.2) is 0 Å². The van der Waals surface area contributed by atoms with Gasteiger partial charge in [0.05, 0.1) is 0 Å². The average molecular weight is 389 g/mol. The van der Waals surface area contributed by atoms with Gasteiger partial charge >= 0.3 is 0 Å². The van der Waals surface area contributed by atoms with Crippen LogP contribution >= 0.6 is 0 Å². The highest BCUT2D eigenvalue weighted by molar-refractivity contribution is 6.10. The number of rotatable bonds is 5. The molecule has 1 aliphatic heterocycles. The smallest absolute Gasteiger partial charge is 0.223 e. The van der Waals surface area contributed by atoms with Crippen molar-refractivity contribution in [3.63, 3.8) is 0 Å². The maximum atomic E-state index is 12.9. The van der Waals surface area contributed by atoms with Crippen LogP contribution in [0.4, 0.5) is 0 Å². The van der Waals surface area contributed by atoms with Crippen molar-refractivity contribution in [3.05, 3.63) is 70.9 Å². The summed E-state index contributed by atoms with van der Waals surface area (Å²) in [6.45, 7) is 5.51. The van der Waals surface area contributed by atoms with Gasteiger partial charge in [-0.15, -0.1) is 0 Å². The monoisotopic (exact) mass is 388 g/mol. The van der Waals surface area contributed by atoms with E-state index < -0.39 is 0 Å². The summed E-state index contributed by atoms with van der Waals surface area (Å²) in [6, 6.07) is 16.6. The number of hydrogen-bond donors (Lipinski definition) is 1. The molecule has 1 fully saturated rings. The minimum absolute atomic E-state index is 0.0480. The lowest BCUT2D eigenvalue weighted by Crippen LogP contribution is -2.38. The topological polar surface area (TPSA) is 53.2 Å². The molecule has 4 heteroatoms. The third kappa shape index (κ3) is 4.12. The molecular formula is C25H28N2O2. The number of carbonyl (C=O) groups is 2. The predicted octanol–water partition coefficient (Wildman–Crippen LogP) is 5.15. The Morgan fingerprint density at radius 2 is 1.72 bits per heavy atom. The van der Waals surface area contributed by atoms with Crippen LogP contribution in [0, 0.1) is 13.8 Å². The van der Waals surface area contributed by atoms with Crippen LogP contribution in [0.2, 0.25) is 0 Å². The molecule has 1 aromatic heterocycles. The number of nitrogens with zero attached hydrogens (tertiary/aromatic N) is 1. The number of benzene rings is 2. The zero-order chi connectivity index (χ0) is 20.4. The van der Waals surface area contributed by atoms with Crippen LogP contribution in [-0.2, 0) is 4.79 Å². The third-order valence-corrected chi connectivity index (χ3v) is 6.10. The molecule has 3 aromatic rings. The first kappa shape index (κ1) is 19.4. The second-order valence-corrected chi connectivity index (χ2v) is 8.16. The third-order valence-electron chi connectivity index (χ3n) is 6.10. The molecular weight excluding hydrogens is 360 g/mol. The lowest BCUT2D eigenvalue weighted by atomic mass is 9.89. The zero-order valence-corrected chi connectivity index (χ0v) is 17.2. The summed E-state index contributed by atoms with van der Waals surface area (Å²) >= 11 is 0. The van der Waals surface area contributed by atoms with Gasteiger partial charge in [-0.05, 0) is 50.3 Å². The molecule has 4 rings (SSSR count). The number of Topliss-reactive ketones (excluding diaryl/α,β-unsaturated/α-hetero) is 1. The normalized spacial score (nSPS) is 15.0. The lowest BCUT2D eigenvalue weighted by molar-refractivity contribution is -0.132. The first-order valence-electron chi connectivity index (χ1n) is 10.5. The number of ketones is 1. The van der Waals surface area contributed by atoms with Gasteiger partial charge in [0.25, 0.3) is 0 Å². The van der Waals surface area contributed by atoms with Crippen molar-refractivity contribution in [1.29, 1.82) is 0 Å². The SMILES string of the molecule is Cc1ccc2[nH]c(C)c(C(=O)CCC(=O)N3CCC(c4ccccc4)CC3)c2c1. The Morgan fingerprint density at radius 3 is 2.45 bits per heavy atom. The summed E-state index contributed by atoms with van der Waals surface area (Å²) in [4.78, 5) is 30.8. The van der Waals surface area contributed by atoms with Gasteiger partial charge in [-0.2, -0.15) is 0 Å². The fraction of sp³-hybridized carbons (Fsp3) is 0.360. The molecule has 0 aliphatic carbocycles. The fourth-order valence-electron chi connectivity index (χ4n) is 4.49. The van der Waals surface area contributed by atoms with Gasteiger partial charge in [-0.3, -0.25) is 9.59 Å². The molecule has 0 radical (unpaired) electrons. The summed E-state index contributed by atoms with van der Waals surface area (Å²) < 4.78 is 0. The Balaban J connectivity index is 1.35. The van der Waals surface area contributed by atoms with Crippen LogP contribution < -0.4 is 0 Å². The van der Waals surface area contributed by atoms with Crippen molar-refractivity contribution >= 4 is 22.6 Å². The van der Waals surface area contributed by atoms with Crippen molar-refractivity contribution in [2.45, 2.75) is 45.4 Å². The number of hydrogen-bond acceptors (Lipinski definition) is 2. The van der Waals surface area contributed by atoms with E-state index in [0.29, 0.717) is 5.92 Å². The van der Waals surface area contributed by atoms with E-state index in [-0.39, 0.29) is 24.5 Å². The van der Waals surface area contributed by atoms with Gasteiger partial charge in [0.1, 0.15) is 0 Å². The van der Waals surface area contributed by atoms with E-state index in [1.807, 2.05) is 43.0 Å². The Bertz CT molecular complexity index is 1030. The summed E-state index contributed by atoms with van der Waals surface area (Å²) in [5.74, 6) is 0.671. The number of carbonyl (C=O) groups excluding carboxylic acids is 2.